The van der Waals surface area contributed by atoms with E-state index in [1.807, 2.05) is 18.2 Å². The Bertz CT molecular complexity index is 1120. The molecule has 144 valence electrons. The number of hydrogen-bond acceptors (Lipinski definition) is 4. The standard InChI is InChI=1S/C22H14Cl2N2O3/c23-18-7-10-20(21(24)12-18)17(13-25)11-16-3-1-2-4-22(16)29-14-15-5-8-19(9-6-15)26(27)28/h1-12H,14H2/b17-11+. The van der Waals surface area contributed by atoms with E-state index in [1.54, 1.807) is 42.5 Å². The number of rotatable bonds is 6. The summed E-state index contributed by atoms with van der Waals surface area (Å²) in [6.07, 6.45) is 1.69. The Labute approximate surface area is 177 Å². The highest BCUT2D eigenvalue weighted by Crippen LogP contribution is 2.30. The van der Waals surface area contributed by atoms with Crippen molar-refractivity contribution in [1.29, 1.82) is 5.26 Å². The summed E-state index contributed by atoms with van der Waals surface area (Å²) < 4.78 is 5.88. The first kappa shape index (κ1) is 20.4. The van der Waals surface area contributed by atoms with Gasteiger partial charge in [-0.05, 0) is 42.0 Å². The van der Waals surface area contributed by atoms with E-state index < -0.39 is 4.92 Å². The number of hydrogen-bond donors (Lipinski definition) is 0. The normalized spacial score (nSPS) is 11.0. The fraction of sp³-hybridized carbons (Fsp3) is 0.0455. The number of nitrogens with zero attached hydrogens (tertiary/aromatic N) is 2. The molecule has 0 aliphatic rings. The third-order valence-electron chi connectivity index (χ3n) is 4.10. The minimum Gasteiger partial charge on any atom is -0.488 e. The Kier molecular flexibility index (Phi) is 6.50. The van der Waals surface area contributed by atoms with Gasteiger partial charge in [0.1, 0.15) is 12.4 Å². The van der Waals surface area contributed by atoms with Gasteiger partial charge < -0.3 is 4.74 Å². The van der Waals surface area contributed by atoms with Crippen molar-refractivity contribution in [2.24, 2.45) is 0 Å². The van der Waals surface area contributed by atoms with Gasteiger partial charge in [-0.3, -0.25) is 10.1 Å². The van der Waals surface area contributed by atoms with Crippen LogP contribution in [-0.4, -0.2) is 4.92 Å². The zero-order valence-electron chi connectivity index (χ0n) is 15.0. The Morgan fingerprint density at radius 1 is 1.10 bits per heavy atom. The number of nitro benzene ring substituents is 1. The van der Waals surface area contributed by atoms with Crippen LogP contribution in [0.2, 0.25) is 10.0 Å². The molecule has 0 atom stereocenters. The molecule has 0 aliphatic carbocycles. The smallest absolute Gasteiger partial charge is 0.269 e. The molecule has 0 fully saturated rings. The van der Waals surface area contributed by atoms with Crippen LogP contribution in [0.3, 0.4) is 0 Å². The van der Waals surface area contributed by atoms with Crippen molar-refractivity contribution in [3.63, 3.8) is 0 Å². The summed E-state index contributed by atoms with van der Waals surface area (Å²) in [7, 11) is 0. The molecule has 0 saturated carbocycles. The summed E-state index contributed by atoms with van der Waals surface area (Å²) in [6, 6.07) is 20.5. The number of allylic oxidation sites excluding steroid dienone is 1. The van der Waals surface area contributed by atoms with E-state index in [1.165, 1.54) is 12.1 Å². The number of non-ortho nitro benzene ring substituents is 1. The monoisotopic (exact) mass is 424 g/mol. The summed E-state index contributed by atoms with van der Waals surface area (Å²) in [6.45, 7) is 0.229. The van der Waals surface area contributed by atoms with Crippen LogP contribution in [0.4, 0.5) is 5.69 Å². The number of nitriles is 1. The average molecular weight is 425 g/mol. The highest BCUT2D eigenvalue weighted by atomic mass is 35.5. The third kappa shape index (κ3) is 5.14. The molecule has 0 radical (unpaired) electrons. The number of para-hydroxylation sites is 1. The molecule has 0 heterocycles. The molecule has 0 aromatic heterocycles. The van der Waals surface area contributed by atoms with Crippen LogP contribution >= 0.6 is 23.2 Å². The Morgan fingerprint density at radius 3 is 2.48 bits per heavy atom. The first-order valence-electron chi connectivity index (χ1n) is 8.50. The Hall–Kier alpha value is -3.33. The van der Waals surface area contributed by atoms with Gasteiger partial charge in [0.25, 0.3) is 5.69 Å². The van der Waals surface area contributed by atoms with Crippen molar-refractivity contribution < 1.29 is 9.66 Å². The predicted molar refractivity (Wildman–Crippen MR) is 114 cm³/mol. The second-order valence-corrected chi connectivity index (χ2v) is 6.89. The fourth-order valence-corrected chi connectivity index (χ4v) is 3.15. The van der Waals surface area contributed by atoms with Crippen molar-refractivity contribution >= 4 is 40.5 Å². The molecule has 0 aliphatic heterocycles. The first-order chi connectivity index (χ1) is 14.0. The second-order valence-electron chi connectivity index (χ2n) is 6.04. The summed E-state index contributed by atoms with van der Waals surface area (Å²) >= 11 is 12.2. The molecule has 0 spiro atoms. The lowest BCUT2D eigenvalue weighted by Crippen LogP contribution is -1.97. The molecule has 3 aromatic carbocycles. The minimum atomic E-state index is -0.448. The van der Waals surface area contributed by atoms with Gasteiger partial charge in [0.2, 0.25) is 0 Å². The van der Waals surface area contributed by atoms with Gasteiger partial charge in [-0.1, -0.05) is 47.5 Å². The van der Waals surface area contributed by atoms with Crippen molar-refractivity contribution in [3.05, 3.63) is 104 Å². The van der Waals surface area contributed by atoms with Gasteiger partial charge >= 0.3 is 0 Å². The van der Waals surface area contributed by atoms with Crippen LogP contribution in [0.25, 0.3) is 11.6 Å². The van der Waals surface area contributed by atoms with Crippen LogP contribution in [0.1, 0.15) is 16.7 Å². The van der Waals surface area contributed by atoms with Crippen molar-refractivity contribution in [2.45, 2.75) is 6.61 Å². The Balaban J connectivity index is 1.85. The van der Waals surface area contributed by atoms with Crippen LogP contribution in [0, 0.1) is 21.4 Å². The largest absolute Gasteiger partial charge is 0.488 e. The van der Waals surface area contributed by atoms with Crippen LogP contribution < -0.4 is 4.74 Å². The molecule has 0 bridgehead atoms. The molecule has 5 nitrogen and oxygen atoms in total. The predicted octanol–water partition coefficient (Wildman–Crippen LogP) is 6.54. The third-order valence-corrected chi connectivity index (χ3v) is 4.65. The van der Waals surface area contributed by atoms with Gasteiger partial charge in [-0.25, -0.2) is 0 Å². The summed E-state index contributed by atoms with van der Waals surface area (Å²) in [5, 5.41) is 21.2. The average Bonchev–Trinajstić information content (AvgIpc) is 2.72. The zero-order chi connectivity index (χ0) is 20.8. The van der Waals surface area contributed by atoms with E-state index in [4.69, 9.17) is 27.9 Å². The zero-order valence-corrected chi connectivity index (χ0v) is 16.5. The molecular formula is C22H14Cl2N2O3. The van der Waals surface area contributed by atoms with Crippen molar-refractivity contribution in [2.75, 3.05) is 0 Å². The molecule has 0 N–H and O–H groups in total. The highest BCUT2D eigenvalue weighted by Gasteiger charge is 2.10. The van der Waals surface area contributed by atoms with Crippen LogP contribution in [0.5, 0.6) is 5.75 Å². The number of ether oxygens (including phenoxy) is 1. The van der Waals surface area contributed by atoms with Crippen molar-refractivity contribution in [3.8, 4) is 11.8 Å². The molecule has 7 heteroatoms. The van der Waals surface area contributed by atoms with Gasteiger partial charge in [-0.2, -0.15) is 5.26 Å². The van der Waals surface area contributed by atoms with Gasteiger partial charge in [0.15, 0.2) is 0 Å². The minimum absolute atomic E-state index is 0.0237. The van der Waals surface area contributed by atoms with Crippen LogP contribution in [-0.2, 0) is 6.61 Å². The molecule has 3 rings (SSSR count). The van der Waals surface area contributed by atoms with Crippen molar-refractivity contribution in [1.82, 2.24) is 0 Å². The van der Waals surface area contributed by atoms with Gasteiger partial charge in [-0.15, -0.1) is 0 Å². The van der Waals surface area contributed by atoms with E-state index in [-0.39, 0.29) is 12.3 Å². The number of nitro groups is 1. The quantitative estimate of drug-likeness (QED) is 0.194. The molecule has 0 unspecified atom stereocenters. The summed E-state index contributed by atoms with van der Waals surface area (Å²) in [4.78, 5) is 10.3. The molecular weight excluding hydrogens is 411 g/mol. The highest BCUT2D eigenvalue weighted by molar-refractivity contribution is 6.36. The number of halogens is 2. The van der Waals surface area contributed by atoms with E-state index in [0.717, 1.165) is 5.56 Å². The topological polar surface area (TPSA) is 76.2 Å². The SMILES string of the molecule is N#C/C(=C\c1ccccc1OCc1ccc([N+](=O)[O-])cc1)c1ccc(Cl)cc1Cl. The summed E-state index contributed by atoms with van der Waals surface area (Å²) in [5.41, 5.74) is 2.46. The van der Waals surface area contributed by atoms with E-state index >= 15 is 0 Å². The maximum absolute atomic E-state index is 10.8. The van der Waals surface area contributed by atoms with Gasteiger partial charge in [0, 0.05) is 28.3 Å². The Morgan fingerprint density at radius 2 is 1.83 bits per heavy atom. The fourth-order valence-electron chi connectivity index (χ4n) is 2.64. The number of benzene rings is 3. The lowest BCUT2D eigenvalue weighted by Gasteiger charge is -2.10. The molecule has 0 amide bonds. The molecule has 29 heavy (non-hydrogen) atoms. The molecule has 3 aromatic rings. The maximum atomic E-state index is 10.8. The van der Waals surface area contributed by atoms with E-state index in [9.17, 15) is 15.4 Å². The molecule has 0 saturated heterocycles. The lowest BCUT2D eigenvalue weighted by molar-refractivity contribution is -0.384. The van der Waals surface area contributed by atoms with E-state index in [0.29, 0.717) is 32.5 Å². The van der Waals surface area contributed by atoms with Crippen LogP contribution in [0.15, 0.2) is 66.7 Å². The second kappa shape index (κ2) is 9.24. The van der Waals surface area contributed by atoms with Gasteiger partial charge in [0.05, 0.1) is 21.6 Å². The lowest BCUT2D eigenvalue weighted by atomic mass is 10.0. The summed E-state index contributed by atoms with van der Waals surface area (Å²) in [5.74, 6) is 0.573. The van der Waals surface area contributed by atoms with E-state index in [2.05, 4.69) is 6.07 Å². The first-order valence-corrected chi connectivity index (χ1v) is 9.26. The maximum Gasteiger partial charge on any atom is 0.269 e.